The van der Waals surface area contributed by atoms with E-state index in [2.05, 4.69) is 37.0 Å². The van der Waals surface area contributed by atoms with Crippen LogP contribution in [-0.4, -0.2) is 69.3 Å². The number of fused-ring (bicyclic) bond motifs is 1. The Morgan fingerprint density at radius 2 is 1.95 bits per heavy atom. The number of halogens is 1. The van der Waals surface area contributed by atoms with E-state index < -0.39 is 5.82 Å². The van der Waals surface area contributed by atoms with Crippen molar-refractivity contribution in [1.29, 1.82) is 0 Å². The average Bonchev–Trinajstić information content (AvgIpc) is 2.94. The molecule has 2 aromatic heterocycles. The lowest BCUT2D eigenvalue weighted by molar-refractivity contribution is -0.111. The third-order valence-corrected chi connectivity index (χ3v) is 6.67. The van der Waals surface area contributed by atoms with Crippen LogP contribution in [0.4, 0.5) is 27.4 Å². The van der Waals surface area contributed by atoms with Gasteiger partial charge in [-0.15, -0.1) is 0 Å². The molecule has 1 saturated heterocycles. The SMILES string of the molecule is C=CC(=O)Nc1cccc(-n2ccc(=O)c3cnc(Nc4ccc(N5CCN(CC(C)O)CC5)cc4F)nc32)c1. The lowest BCUT2D eigenvalue weighted by atomic mass is 10.2. The van der Waals surface area contributed by atoms with Crippen molar-refractivity contribution in [3.05, 3.63) is 89.6 Å². The highest BCUT2D eigenvalue weighted by atomic mass is 19.1. The van der Waals surface area contributed by atoms with Crippen LogP contribution >= 0.6 is 0 Å². The molecule has 1 amide bonds. The summed E-state index contributed by atoms with van der Waals surface area (Å²) in [6, 6.07) is 13.4. The summed E-state index contributed by atoms with van der Waals surface area (Å²) in [5.74, 6) is -0.674. The summed E-state index contributed by atoms with van der Waals surface area (Å²) in [5.41, 5.74) is 2.25. The van der Waals surface area contributed by atoms with E-state index in [0.717, 1.165) is 31.9 Å². The number of nitrogens with one attached hydrogen (secondary N) is 2. The standard InChI is InChI=1S/C29H30FN7O3/c1-3-27(40)32-20-5-4-6-22(15-20)37-10-9-26(39)23-17-31-29(34-28(23)37)33-25-8-7-21(16-24(25)30)36-13-11-35(12-14-36)18-19(2)38/h3-10,15-17,19,38H,1,11-14,18H2,2H3,(H,32,40)(H,31,33,34). The van der Waals surface area contributed by atoms with Gasteiger partial charge in [-0.1, -0.05) is 12.6 Å². The van der Waals surface area contributed by atoms with E-state index in [9.17, 15) is 14.7 Å². The molecule has 0 radical (unpaired) electrons. The molecule has 5 rings (SSSR count). The smallest absolute Gasteiger partial charge is 0.247 e. The van der Waals surface area contributed by atoms with Crippen molar-refractivity contribution in [2.24, 2.45) is 0 Å². The van der Waals surface area contributed by atoms with Crippen LogP contribution in [0.1, 0.15) is 6.92 Å². The number of hydrogen-bond donors (Lipinski definition) is 3. The van der Waals surface area contributed by atoms with Crippen molar-refractivity contribution in [1.82, 2.24) is 19.4 Å². The molecular weight excluding hydrogens is 513 g/mol. The van der Waals surface area contributed by atoms with E-state index in [-0.39, 0.29) is 29.1 Å². The Morgan fingerprint density at radius 1 is 1.15 bits per heavy atom. The van der Waals surface area contributed by atoms with Crippen LogP contribution in [0.2, 0.25) is 0 Å². The van der Waals surface area contributed by atoms with Gasteiger partial charge in [0.15, 0.2) is 11.1 Å². The summed E-state index contributed by atoms with van der Waals surface area (Å²) in [6.07, 6.45) is 3.80. The van der Waals surface area contributed by atoms with Crippen LogP contribution in [-0.2, 0) is 4.79 Å². The second-order valence-electron chi connectivity index (χ2n) is 9.65. The summed E-state index contributed by atoms with van der Waals surface area (Å²) >= 11 is 0. The summed E-state index contributed by atoms with van der Waals surface area (Å²) in [5, 5.41) is 15.5. The molecule has 11 heteroatoms. The van der Waals surface area contributed by atoms with Gasteiger partial charge < -0.3 is 25.2 Å². The lowest BCUT2D eigenvalue weighted by Gasteiger charge is -2.36. The number of rotatable bonds is 8. The maximum absolute atomic E-state index is 15.2. The fraction of sp³-hybridized carbons (Fsp3) is 0.241. The molecule has 206 valence electrons. The molecule has 0 saturated carbocycles. The number of anilines is 4. The lowest BCUT2D eigenvalue weighted by Crippen LogP contribution is -2.48. The minimum atomic E-state index is -0.455. The van der Waals surface area contributed by atoms with E-state index in [0.29, 0.717) is 29.0 Å². The largest absolute Gasteiger partial charge is 0.392 e. The van der Waals surface area contributed by atoms with Crippen LogP contribution < -0.4 is 21.0 Å². The van der Waals surface area contributed by atoms with Crippen molar-refractivity contribution in [2.75, 3.05) is 48.3 Å². The molecular formula is C29H30FN7O3. The molecule has 1 fully saturated rings. The second kappa shape index (κ2) is 11.6. The third kappa shape index (κ3) is 6.00. The zero-order valence-corrected chi connectivity index (χ0v) is 22.0. The molecule has 4 aromatic rings. The fourth-order valence-electron chi connectivity index (χ4n) is 4.71. The third-order valence-electron chi connectivity index (χ3n) is 6.67. The second-order valence-corrected chi connectivity index (χ2v) is 9.65. The number of β-amino-alcohol motifs (C(OH)–C–C–N with tert-alkyl or cyclic N) is 1. The van der Waals surface area contributed by atoms with Gasteiger partial charge in [0.25, 0.3) is 0 Å². The summed E-state index contributed by atoms with van der Waals surface area (Å²) in [6.45, 7) is 8.93. The van der Waals surface area contributed by atoms with Crippen LogP contribution in [0, 0.1) is 5.82 Å². The first kappa shape index (κ1) is 27.0. The minimum Gasteiger partial charge on any atom is -0.392 e. The molecule has 1 unspecified atom stereocenters. The number of pyridine rings is 1. The predicted molar refractivity (Wildman–Crippen MR) is 154 cm³/mol. The molecule has 40 heavy (non-hydrogen) atoms. The van der Waals surface area contributed by atoms with Gasteiger partial charge in [-0.05, 0) is 49.4 Å². The molecule has 2 aromatic carbocycles. The molecule has 10 nitrogen and oxygen atoms in total. The molecule has 1 atom stereocenters. The number of aromatic nitrogens is 3. The fourth-order valence-corrected chi connectivity index (χ4v) is 4.71. The number of carbonyl (C=O) groups excluding carboxylic acids is 1. The number of carbonyl (C=O) groups is 1. The number of aliphatic hydroxyl groups excluding tert-OH is 1. The maximum atomic E-state index is 15.2. The first-order valence-electron chi connectivity index (χ1n) is 12.9. The van der Waals surface area contributed by atoms with E-state index in [1.54, 1.807) is 42.0 Å². The van der Waals surface area contributed by atoms with Crippen LogP contribution in [0.25, 0.3) is 16.7 Å². The van der Waals surface area contributed by atoms with Crippen molar-refractivity contribution in [3.63, 3.8) is 0 Å². The summed E-state index contributed by atoms with van der Waals surface area (Å²) < 4.78 is 16.9. The van der Waals surface area contributed by atoms with Gasteiger partial charge in [0.1, 0.15) is 5.82 Å². The molecule has 3 heterocycles. The number of hydrogen-bond acceptors (Lipinski definition) is 8. The highest BCUT2D eigenvalue weighted by molar-refractivity contribution is 5.99. The maximum Gasteiger partial charge on any atom is 0.247 e. The van der Waals surface area contributed by atoms with Crippen molar-refractivity contribution in [3.8, 4) is 5.69 Å². The molecule has 0 spiro atoms. The number of amides is 1. The zero-order valence-electron chi connectivity index (χ0n) is 22.0. The Bertz CT molecular complexity index is 1610. The number of nitrogens with zero attached hydrogens (tertiary/aromatic N) is 5. The molecule has 0 aliphatic carbocycles. The normalized spacial score (nSPS) is 14.6. The molecule has 1 aliphatic heterocycles. The first-order valence-corrected chi connectivity index (χ1v) is 12.9. The summed E-state index contributed by atoms with van der Waals surface area (Å²) in [7, 11) is 0. The predicted octanol–water partition coefficient (Wildman–Crippen LogP) is 3.29. The van der Waals surface area contributed by atoms with Crippen LogP contribution in [0.5, 0.6) is 0 Å². The van der Waals surface area contributed by atoms with Gasteiger partial charge in [0.2, 0.25) is 11.9 Å². The average molecular weight is 544 g/mol. The Morgan fingerprint density at radius 3 is 2.67 bits per heavy atom. The monoisotopic (exact) mass is 543 g/mol. The van der Waals surface area contributed by atoms with Gasteiger partial charge >= 0.3 is 0 Å². The van der Waals surface area contributed by atoms with Crippen molar-refractivity contribution in [2.45, 2.75) is 13.0 Å². The van der Waals surface area contributed by atoms with Gasteiger partial charge in [0, 0.05) is 68.2 Å². The number of aliphatic hydroxyl groups is 1. The van der Waals surface area contributed by atoms with Crippen LogP contribution in [0.3, 0.4) is 0 Å². The number of piperazine rings is 1. The Balaban J connectivity index is 1.39. The van der Waals surface area contributed by atoms with Gasteiger partial charge in [0.05, 0.1) is 17.2 Å². The Kier molecular flexibility index (Phi) is 7.85. The Hall–Kier alpha value is -4.61. The van der Waals surface area contributed by atoms with Crippen molar-refractivity contribution >= 4 is 40.0 Å². The molecule has 3 N–H and O–H groups in total. The number of benzene rings is 2. The van der Waals surface area contributed by atoms with E-state index in [1.165, 1.54) is 24.4 Å². The van der Waals surface area contributed by atoms with Crippen molar-refractivity contribution < 1.29 is 14.3 Å². The van der Waals surface area contributed by atoms with Gasteiger partial charge in [-0.2, -0.15) is 4.98 Å². The topological polar surface area (TPSA) is 116 Å². The summed E-state index contributed by atoms with van der Waals surface area (Å²) in [4.78, 5) is 37.4. The van der Waals surface area contributed by atoms with E-state index in [1.807, 2.05) is 12.1 Å². The van der Waals surface area contributed by atoms with E-state index in [4.69, 9.17) is 0 Å². The first-order chi connectivity index (χ1) is 19.3. The van der Waals surface area contributed by atoms with Crippen LogP contribution in [0.15, 0.2) is 78.4 Å². The Labute approximate surface area is 230 Å². The highest BCUT2D eigenvalue weighted by Crippen LogP contribution is 2.26. The quantitative estimate of drug-likeness (QED) is 0.290. The zero-order chi connectivity index (χ0) is 28.2. The minimum absolute atomic E-state index is 0.126. The van der Waals surface area contributed by atoms with Gasteiger partial charge in [-0.25, -0.2) is 9.37 Å². The molecule has 0 bridgehead atoms. The highest BCUT2D eigenvalue weighted by Gasteiger charge is 2.19. The van der Waals surface area contributed by atoms with E-state index >= 15 is 4.39 Å². The molecule has 1 aliphatic rings. The van der Waals surface area contributed by atoms with Gasteiger partial charge in [-0.3, -0.25) is 14.5 Å².